The van der Waals surface area contributed by atoms with Crippen molar-refractivity contribution < 1.29 is 23.4 Å². The van der Waals surface area contributed by atoms with E-state index in [0.29, 0.717) is 24.2 Å². The van der Waals surface area contributed by atoms with Gasteiger partial charge < -0.3 is 19.7 Å². The van der Waals surface area contributed by atoms with Crippen LogP contribution in [0.5, 0.6) is 6.01 Å². The van der Waals surface area contributed by atoms with Gasteiger partial charge in [0.1, 0.15) is 23.8 Å². The van der Waals surface area contributed by atoms with E-state index in [0.717, 1.165) is 55.7 Å². The van der Waals surface area contributed by atoms with Crippen LogP contribution in [0.15, 0.2) is 60.9 Å². The number of aliphatic carboxylic acids is 1. The summed E-state index contributed by atoms with van der Waals surface area (Å²) in [5.74, 6) is -1.43. The first-order chi connectivity index (χ1) is 21.9. The molecule has 1 saturated heterocycles. The Balaban J connectivity index is 1.03. The van der Waals surface area contributed by atoms with Crippen molar-refractivity contribution >= 4 is 17.0 Å². The number of rotatable bonds is 10. The molecule has 0 spiro atoms. The van der Waals surface area contributed by atoms with Gasteiger partial charge in [-0.2, -0.15) is 10.1 Å². The fourth-order valence-electron chi connectivity index (χ4n) is 6.26. The van der Waals surface area contributed by atoms with E-state index < -0.39 is 17.6 Å². The second kappa shape index (κ2) is 12.4. The number of ether oxygens (including phenoxy) is 1. The number of carboxylic acids is 1. The first-order valence-corrected chi connectivity index (χ1v) is 15.5. The lowest BCUT2D eigenvalue weighted by Gasteiger charge is -2.30. The molecule has 0 atom stereocenters. The molecule has 5 aromatic rings. The second-order valence-corrected chi connectivity index (χ2v) is 12.0. The van der Waals surface area contributed by atoms with E-state index in [-0.39, 0.29) is 41.1 Å². The van der Waals surface area contributed by atoms with Gasteiger partial charge in [0.15, 0.2) is 11.6 Å². The highest BCUT2D eigenvalue weighted by molar-refractivity contribution is 5.84. The maximum atomic E-state index is 15.7. The molecule has 0 bridgehead atoms. The number of carboxylic acid groups (broad SMARTS) is 1. The molecule has 2 aromatic heterocycles. The molecule has 9 nitrogen and oxygen atoms in total. The zero-order valence-corrected chi connectivity index (χ0v) is 24.8. The molecule has 2 fully saturated rings. The highest BCUT2D eigenvalue weighted by Crippen LogP contribution is 2.35. The van der Waals surface area contributed by atoms with Gasteiger partial charge in [-0.1, -0.05) is 48.5 Å². The van der Waals surface area contributed by atoms with E-state index in [2.05, 4.69) is 25.0 Å². The largest absolute Gasteiger partial charge is 0.481 e. The number of aromatic nitrogens is 5. The number of halogens is 2. The van der Waals surface area contributed by atoms with Crippen LogP contribution in [-0.2, 0) is 11.3 Å². The van der Waals surface area contributed by atoms with E-state index in [1.807, 2.05) is 41.1 Å². The number of aromatic amines is 1. The molecule has 1 saturated carbocycles. The molecule has 0 radical (unpaired) electrons. The summed E-state index contributed by atoms with van der Waals surface area (Å²) in [7, 11) is 0. The number of nitrogens with one attached hydrogen (secondary N) is 1. The number of hydrogen-bond donors (Lipinski definition) is 2. The Bertz CT molecular complexity index is 1810. The van der Waals surface area contributed by atoms with Crippen molar-refractivity contribution in [1.29, 1.82) is 0 Å². The lowest BCUT2D eigenvalue weighted by Crippen LogP contribution is -2.39. The number of fused-ring (bicyclic) bond motifs is 1. The predicted octanol–water partition coefficient (Wildman–Crippen LogP) is 6.55. The van der Waals surface area contributed by atoms with Crippen LogP contribution >= 0.6 is 0 Å². The Kier molecular flexibility index (Phi) is 8.01. The van der Waals surface area contributed by atoms with Crippen LogP contribution in [0.4, 0.5) is 8.78 Å². The summed E-state index contributed by atoms with van der Waals surface area (Å²) < 4.78 is 38.7. The molecule has 3 heterocycles. The topological polar surface area (TPSA) is 109 Å². The Hall–Kier alpha value is -4.64. The van der Waals surface area contributed by atoms with Crippen molar-refractivity contribution in [3.8, 4) is 39.7 Å². The van der Waals surface area contributed by atoms with Crippen molar-refractivity contribution in [3.63, 3.8) is 0 Å². The van der Waals surface area contributed by atoms with Crippen LogP contribution in [0.3, 0.4) is 0 Å². The number of nitrogens with zero attached hydrogens (tertiary/aromatic N) is 5. The Morgan fingerprint density at radius 3 is 2.24 bits per heavy atom. The molecule has 11 heteroatoms. The lowest BCUT2D eigenvalue weighted by molar-refractivity contribution is -0.138. The Morgan fingerprint density at radius 1 is 0.933 bits per heavy atom. The molecule has 3 aromatic carbocycles. The predicted molar refractivity (Wildman–Crippen MR) is 166 cm³/mol. The van der Waals surface area contributed by atoms with Gasteiger partial charge in [-0.15, -0.1) is 0 Å². The highest BCUT2D eigenvalue weighted by Gasteiger charge is 2.26. The minimum absolute atomic E-state index is 0.0113. The van der Waals surface area contributed by atoms with Crippen LogP contribution < -0.4 is 4.74 Å². The van der Waals surface area contributed by atoms with E-state index in [4.69, 9.17) is 9.84 Å². The molecule has 1 aliphatic carbocycles. The van der Waals surface area contributed by atoms with Crippen molar-refractivity contribution in [2.45, 2.75) is 51.2 Å². The van der Waals surface area contributed by atoms with Crippen LogP contribution in [0.1, 0.15) is 38.5 Å². The summed E-state index contributed by atoms with van der Waals surface area (Å²) in [6, 6.07) is 16.4. The van der Waals surface area contributed by atoms with Gasteiger partial charge in [0.2, 0.25) is 0 Å². The zero-order valence-electron chi connectivity index (χ0n) is 24.8. The summed E-state index contributed by atoms with van der Waals surface area (Å²) in [6.07, 6.45) is 5.90. The van der Waals surface area contributed by atoms with Crippen LogP contribution in [0.25, 0.3) is 44.7 Å². The van der Waals surface area contributed by atoms with Gasteiger partial charge in [-0.05, 0) is 67.8 Å². The number of benzene rings is 3. The summed E-state index contributed by atoms with van der Waals surface area (Å²) in [5.41, 5.74) is 3.28. The van der Waals surface area contributed by atoms with Crippen LogP contribution in [-0.4, -0.2) is 66.4 Å². The van der Waals surface area contributed by atoms with Gasteiger partial charge in [0, 0.05) is 24.6 Å². The summed E-state index contributed by atoms with van der Waals surface area (Å²) in [4.78, 5) is 25.0. The fraction of sp³-hybridized carbons (Fsp3) is 0.353. The van der Waals surface area contributed by atoms with Crippen molar-refractivity contribution in [2.24, 2.45) is 5.92 Å². The molecule has 1 aliphatic heterocycles. The van der Waals surface area contributed by atoms with Crippen molar-refractivity contribution in [1.82, 2.24) is 29.6 Å². The van der Waals surface area contributed by atoms with Gasteiger partial charge in [0.05, 0.1) is 17.6 Å². The Morgan fingerprint density at radius 2 is 1.60 bits per heavy atom. The number of imidazole rings is 1. The van der Waals surface area contributed by atoms with Crippen LogP contribution in [0, 0.1) is 17.6 Å². The minimum atomic E-state index is -0.793. The number of carbonyl (C=O) groups is 1. The van der Waals surface area contributed by atoms with E-state index in [1.165, 1.54) is 12.5 Å². The minimum Gasteiger partial charge on any atom is -0.481 e. The smallest absolute Gasteiger partial charge is 0.303 e. The molecular formula is C34H34F2N6O3. The summed E-state index contributed by atoms with van der Waals surface area (Å²) in [5, 5.41) is 13.6. The summed E-state index contributed by atoms with van der Waals surface area (Å²) in [6.45, 7) is 4.12. The fourth-order valence-corrected chi connectivity index (χ4v) is 6.26. The maximum Gasteiger partial charge on any atom is 0.303 e. The number of hydrogen-bond acceptors (Lipinski definition) is 6. The van der Waals surface area contributed by atoms with Crippen molar-refractivity contribution in [3.05, 3.63) is 72.6 Å². The molecule has 0 amide bonds. The van der Waals surface area contributed by atoms with E-state index in [1.54, 1.807) is 18.5 Å². The van der Waals surface area contributed by atoms with E-state index >= 15 is 8.78 Å². The Labute approximate surface area is 258 Å². The van der Waals surface area contributed by atoms with Gasteiger partial charge in [-0.25, -0.2) is 13.8 Å². The normalized spacial score (nSPS) is 18.6. The average molecular weight is 613 g/mol. The third kappa shape index (κ3) is 6.30. The second-order valence-electron chi connectivity index (χ2n) is 12.0. The molecular weight excluding hydrogens is 578 g/mol. The monoisotopic (exact) mass is 612 g/mol. The number of likely N-dealkylation sites (tertiary alicyclic amines) is 1. The molecule has 2 aliphatic rings. The van der Waals surface area contributed by atoms with Gasteiger partial charge >= 0.3 is 5.97 Å². The SMILES string of the molecule is O=C(O)CC1CCC(Oc2nc3c(F)c(-c4ccc(-c5ccc(-c6ncn(CCN7CCC7)n6)cc5)cc4)c(F)cc3[nH]2)CC1. The molecule has 7 rings (SSSR count). The highest BCUT2D eigenvalue weighted by atomic mass is 19.1. The third-order valence-electron chi connectivity index (χ3n) is 8.96. The standard InChI is InChI=1S/C34H34F2N6O3/c35-27-19-28-32(39-34(38-28)45-26-12-2-21(3-13-26)18-29(43)44)31(36)30(27)24-8-4-22(5-9-24)23-6-10-25(11-7-23)33-37-20-42(40-33)17-16-41-14-1-15-41/h4-11,19-21,26H,1-3,12-18H2,(H,38,39)(H,43,44). The summed E-state index contributed by atoms with van der Waals surface area (Å²) >= 11 is 0. The molecule has 2 N–H and O–H groups in total. The average Bonchev–Trinajstić information content (AvgIpc) is 3.65. The zero-order chi connectivity index (χ0) is 30.9. The third-order valence-corrected chi connectivity index (χ3v) is 8.96. The molecule has 232 valence electrons. The van der Waals surface area contributed by atoms with E-state index in [9.17, 15) is 4.79 Å². The lowest BCUT2D eigenvalue weighted by atomic mass is 9.85. The molecule has 45 heavy (non-hydrogen) atoms. The van der Waals surface area contributed by atoms with Crippen molar-refractivity contribution in [2.75, 3.05) is 19.6 Å². The quantitative estimate of drug-likeness (QED) is 0.184. The molecule has 0 unspecified atom stereocenters. The number of H-pyrrole nitrogens is 1. The van der Waals surface area contributed by atoms with Crippen LogP contribution in [0.2, 0.25) is 0 Å². The van der Waals surface area contributed by atoms with Gasteiger partial charge in [-0.3, -0.25) is 9.48 Å². The first kappa shape index (κ1) is 29.1. The van der Waals surface area contributed by atoms with Gasteiger partial charge in [0.25, 0.3) is 6.01 Å². The first-order valence-electron chi connectivity index (χ1n) is 15.5. The maximum absolute atomic E-state index is 15.7.